The molecule has 1 aromatic rings. The van der Waals surface area contributed by atoms with Crippen molar-refractivity contribution >= 4 is 17.6 Å². The van der Waals surface area contributed by atoms with E-state index in [1.54, 1.807) is 42.7 Å². The molecule has 2 atom stereocenters. The molecule has 24 heavy (non-hydrogen) atoms. The molecule has 0 aliphatic heterocycles. The third kappa shape index (κ3) is 3.81. The molecule has 0 bridgehead atoms. The quantitative estimate of drug-likeness (QED) is 0.587. The van der Waals surface area contributed by atoms with Gasteiger partial charge in [-0.25, -0.2) is 0 Å². The maximum atomic E-state index is 5.66. The second kappa shape index (κ2) is 9.21. The Morgan fingerprint density at radius 1 is 0.583 bits per heavy atom. The molecule has 0 radical (unpaired) electrons. The highest BCUT2D eigenvalue weighted by Gasteiger charge is 2.50. The van der Waals surface area contributed by atoms with Crippen LogP contribution in [0, 0.1) is 0 Å². The third-order valence-corrected chi connectivity index (χ3v) is 10.9. The first-order valence-corrected chi connectivity index (χ1v) is 11.4. The van der Waals surface area contributed by atoms with E-state index < -0.39 is 17.6 Å². The van der Waals surface area contributed by atoms with Gasteiger partial charge in [0.25, 0.3) is 0 Å². The molecule has 0 N–H and O–H groups in total. The van der Waals surface area contributed by atoms with Crippen molar-refractivity contribution in [3.63, 3.8) is 0 Å². The number of benzene rings is 1. The zero-order chi connectivity index (χ0) is 18.4. The van der Waals surface area contributed by atoms with E-state index in [2.05, 4.69) is 26.0 Å². The van der Waals surface area contributed by atoms with Gasteiger partial charge in [0.2, 0.25) is 0 Å². The van der Waals surface area contributed by atoms with Gasteiger partial charge in [0, 0.05) is 42.7 Å². The van der Waals surface area contributed by atoms with Gasteiger partial charge in [-0.05, 0) is 11.1 Å². The van der Waals surface area contributed by atoms with Gasteiger partial charge in [-0.1, -0.05) is 38.1 Å². The van der Waals surface area contributed by atoms with Crippen molar-refractivity contribution in [2.75, 3.05) is 42.7 Å². The molecule has 0 saturated heterocycles. The summed E-state index contributed by atoms with van der Waals surface area (Å²) in [5.74, 6) is 0. The molecule has 6 nitrogen and oxygen atoms in total. The first-order chi connectivity index (χ1) is 11.4. The Morgan fingerprint density at radius 3 is 1.04 bits per heavy atom. The Balaban J connectivity index is 3.40. The summed E-state index contributed by atoms with van der Waals surface area (Å²) in [6.07, 6.45) is 0. The smallest absolute Gasteiger partial charge is 0.376 e. The standard InChI is InChI=1S/C16H30O6Si2/c1-13(23(17-3,18-4)19-5)15-11-9-10-12-16(15)14(2)24(20-6,21-7)22-8/h9-14H,1-8H3. The summed E-state index contributed by atoms with van der Waals surface area (Å²) < 4.78 is 34.0. The predicted molar refractivity (Wildman–Crippen MR) is 96.8 cm³/mol. The lowest BCUT2D eigenvalue weighted by molar-refractivity contribution is 0.111. The maximum Gasteiger partial charge on any atom is 0.507 e. The summed E-state index contributed by atoms with van der Waals surface area (Å²) in [6.45, 7) is 4.12. The molecule has 0 aromatic heterocycles. The first-order valence-electron chi connectivity index (χ1n) is 7.81. The summed E-state index contributed by atoms with van der Waals surface area (Å²) >= 11 is 0. The molecule has 0 aliphatic rings. The van der Waals surface area contributed by atoms with Crippen molar-refractivity contribution in [2.24, 2.45) is 0 Å². The number of rotatable bonds is 10. The summed E-state index contributed by atoms with van der Waals surface area (Å²) in [6, 6.07) is 8.13. The Bertz CT molecular complexity index is 444. The normalized spacial score (nSPS) is 15.3. The Morgan fingerprint density at radius 2 is 0.833 bits per heavy atom. The van der Waals surface area contributed by atoms with E-state index in [1.807, 2.05) is 12.1 Å². The van der Waals surface area contributed by atoms with Crippen LogP contribution in [-0.4, -0.2) is 60.3 Å². The molecular formula is C16H30O6Si2. The molecule has 1 rings (SSSR count). The zero-order valence-electron chi connectivity index (χ0n) is 15.9. The van der Waals surface area contributed by atoms with E-state index in [4.69, 9.17) is 26.6 Å². The van der Waals surface area contributed by atoms with E-state index in [0.717, 1.165) is 11.1 Å². The van der Waals surface area contributed by atoms with Crippen molar-refractivity contribution in [1.29, 1.82) is 0 Å². The Labute approximate surface area is 147 Å². The van der Waals surface area contributed by atoms with Crippen LogP contribution in [0.5, 0.6) is 0 Å². The molecule has 138 valence electrons. The lowest BCUT2D eigenvalue weighted by Crippen LogP contribution is -2.50. The van der Waals surface area contributed by atoms with Gasteiger partial charge in [0.15, 0.2) is 0 Å². The summed E-state index contributed by atoms with van der Waals surface area (Å²) in [5.41, 5.74) is 2.08. The highest BCUT2D eigenvalue weighted by molar-refractivity contribution is 6.63. The van der Waals surface area contributed by atoms with Crippen LogP contribution >= 0.6 is 0 Å². The van der Waals surface area contributed by atoms with E-state index in [-0.39, 0.29) is 11.1 Å². The topological polar surface area (TPSA) is 55.4 Å². The molecule has 0 spiro atoms. The summed E-state index contributed by atoms with van der Waals surface area (Å²) in [4.78, 5) is 0. The summed E-state index contributed by atoms with van der Waals surface area (Å²) in [5, 5.41) is 0. The lowest BCUT2D eigenvalue weighted by atomic mass is 10.0. The fourth-order valence-electron chi connectivity index (χ4n) is 3.24. The van der Waals surface area contributed by atoms with Crippen LogP contribution in [0.25, 0.3) is 0 Å². The van der Waals surface area contributed by atoms with Crippen LogP contribution in [0.2, 0.25) is 0 Å². The van der Waals surface area contributed by atoms with E-state index >= 15 is 0 Å². The molecule has 0 saturated carbocycles. The fourth-order valence-corrected chi connectivity index (χ4v) is 7.65. The molecule has 1 aromatic carbocycles. The number of hydrogen-bond acceptors (Lipinski definition) is 6. The molecule has 0 aliphatic carbocycles. The third-order valence-electron chi connectivity index (χ3n) is 4.70. The molecule has 8 heteroatoms. The van der Waals surface area contributed by atoms with E-state index in [1.165, 1.54) is 0 Å². The van der Waals surface area contributed by atoms with Crippen molar-refractivity contribution in [3.8, 4) is 0 Å². The Hall–Kier alpha value is -0.586. The minimum atomic E-state index is -2.84. The predicted octanol–water partition coefficient (Wildman–Crippen LogP) is 2.73. The van der Waals surface area contributed by atoms with Crippen molar-refractivity contribution < 1.29 is 26.6 Å². The van der Waals surface area contributed by atoms with Gasteiger partial charge in [-0.15, -0.1) is 0 Å². The van der Waals surface area contributed by atoms with Crippen LogP contribution in [-0.2, 0) is 26.6 Å². The van der Waals surface area contributed by atoms with Gasteiger partial charge in [-0.3, -0.25) is 0 Å². The molecule has 0 heterocycles. The van der Waals surface area contributed by atoms with Crippen LogP contribution in [0.15, 0.2) is 24.3 Å². The Kier molecular flexibility index (Phi) is 8.23. The van der Waals surface area contributed by atoms with Crippen LogP contribution < -0.4 is 0 Å². The van der Waals surface area contributed by atoms with Crippen molar-refractivity contribution in [3.05, 3.63) is 35.4 Å². The van der Waals surface area contributed by atoms with Gasteiger partial charge in [0.05, 0.1) is 11.1 Å². The number of hydrogen-bond donors (Lipinski definition) is 0. The van der Waals surface area contributed by atoms with Gasteiger partial charge in [-0.2, -0.15) is 0 Å². The SMILES string of the molecule is CO[Si](OC)(OC)C(C)c1ccccc1C(C)[Si](OC)(OC)OC. The van der Waals surface area contributed by atoms with Gasteiger partial charge in [0.1, 0.15) is 0 Å². The highest BCUT2D eigenvalue weighted by Crippen LogP contribution is 2.37. The van der Waals surface area contributed by atoms with Crippen LogP contribution in [0.1, 0.15) is 36.1 Å². The molecule has 2 unspecified atom stereocenters. The first kappa shape index (κ1) is 21.5. The summed E-state index contributed by atoms with van der Waals surface area (Å²) in [7, 11) is 4.08. The fraction of sp³-hybridized carbons (Fsp3) is 0.625. The monoisotopic (exact) mass is 374 g/mol. The van der Waals surface area contributed by atoms with Crippen molar-refractivity contribution in [2.45, 2.75) is 24.9 Å². The van der Waals surface area contributed by atoms with Crippen molar-refractivity contribution in [1.82, 2.24) is 0 Å². The van der Waals surface area contributed by atoms with E-state index in [0.29, 0.717) is 0 Å². The highest BCUT2D eigenvalue weighted by atomic mass is 28.4. The van der Waals surface area contributed by atoms with Crippen LogP contribution in [0.3, 0.4) is 0 Å². The molecule has 0 fully saturated rings. The largest absolute Gasteiger partial charge is 0.507 e. The maximum absolute atomic E-state index is 5.66. The minimum absolute atomic E-state index is 0.0478. The molecule has 0 amide bonds. The molecular weight excluding hydrogens is 344 g/mol. The average Bonchev–Trinajstić information content (AvgIpc) is 2.65. The average molecular weight is 375 g/mol. The van der Waals surface area contributed by atoms with Gasteiger partial charge >= 0.3 is 17.6 Å². The lowest BCUT2D eigenvalue weighted by Gasteiger charge is -2.35. The second-order valence-corrected chi connectivity index (χ2v) is 12.1. The zero-order valence-corrected chi connectivity index (χ0v) is 17.9. The van der Waals surface area contributed by atoms with E-state index in [9.17, 15) is 0 Å². The van der Waals surface area contributed by atoms with Crippen LogP contribution in [0.4, 0.5) is 0 Å². The second-order valence-electron chi connectivity index (χ2n) is 5.50. The van der Waals surface area contributed by atoms with Gasteiger partial charge < -0.3 is 26.6 Å². The minimum Gasteiger partial charge on any atom is -0.376 e.